The molecular formula is C59H50N4OPt-2. The number of hydrogen-bond donors (Lipinski definition) is 0. The Morgan fingerprint density at radius 1 is 0.600 bits per heavy atom. The fourth-order valence-corrected chi connectivity index (χ4v) is 10.9. The van der Waals surface area contributed by atoms with Crippen LogP contribution in [0.2, 0.25) is 0 Å². The molecule has 5 nitrogen and oxygen atoms in total. The van der Waals surface area contributed by atoms with E-state index in [0.717, 1.165) is 61.0 Å². The molecule has 0 saturated heterocycles. The van der Waals surface area contributed by atoms with E-state index in [1.54, 1.807) is 0 Å². The van der Waals surface area contributed by atoms with Gasteiger partial charge >= 0.3 is 338 Å². The molecule has 0 radical (unpaired) electrons. The van der Waals surface area contributed by atoms with Crippen molar-refractivity contribution in [1.29, 1.82) is 0 Å². The van der Waals surface area contributed by atoms with Gasteiger partial charge in [0.15, 0.2) is 0 Å². The molecule has 0 saturated carbocycles. The second-order valence-electron chi connectivity index (χ2n) is 19.5. The number of aromatic nitrogens is 4. The predicted molar refractivity (Wildman–Crippen MR) is 262 cm³/mol. The SMILES string of the molecule is CC(C)(C)c1ccnc(-n2c3[c-]c(Oc4[c-]c(-n5[c](=[Pt])n(-c6c(-c7ccccc7)cc7c(c6-c6ccccc6)CC(C(C)(C)C)C7)c6ccccc65)ccc4)ccc3c3ccccc32)c1. The summed E-state index contributed by atoms with van der Waals surface area (Å²) in [5.41, 5.74) is 15.5. The Bertz CT molecular complexity index is 3510. The molecule has 1 unspecified atom stereocenters. The number of hydrogen-bond acceptors (Lipinski definition) is 2. The minimum absolute atomic E-state index is 0.0251. The number of benzene rings is 7. The van der Waals surface area contributed by atoms with Crippen LogP contribution in [0, 0.1) is 27.3 Å². The summed E-state index contributed by atoms with van der Waals surface area (Å²) in [5.74, 6) is 2.61. The first-order chi connectivity index (χ1) is 31.4. The average Bonchev–Trinajstić information content (AvgIpc) is 3.98. The minimum atomic E-state index is -0.0251. The Morgan fingerprint density at radius 3 is 1.98 bits per heavy atom. The number of para-hydroxylation sites is 3. The molecule has 1 aliphatic rings. The molecule has 0 aliphatic heterocycles. The van der Waals surface area contributed by atoms with E-state index in [0.29, 0.717) is 17.4 Å². The van der Waals surface area contributed by atoms with Crippen LogP contribution in [0.5, 0.6) is 11.5 Å². The molecule has 0 bridgehead atoms. The van der Waals surface area contributed by atoms with Crippen LogP contribution < -0.4 is 4.74 Å². The van der Waals surface area contributed by atoms with Gasteiger partial charge in [0.1, 0.15) is 0 Å². The van der Waals surface area contributed by atoms with Crippen molar-refractivity contribution in [3.8, 4) is 50.9 Å². The Morgan fingerprint density at radius 2 is 1.26 bits per heavy atom. The maximum atomic E-state index is 6.73. The summed E-state index contributed by atoms with van der Waals surface area (Å²) in [6.07, 6.45) is 4.01. The van der Waals surface area contributed by atoms with E-state index in [1.165, 1.54) is 44.6 Å². The van der Waals surface area contributed by atoms with Crippen LogP contribution in [0.1, 0.15) is 58.2 Å². The zero-order valence-electron chi connectivity index (χ0n) is 37.6. The van der Waals surface area contributed by atoms with Crippen LogP contribution in [-0.4, -0.2) is 18.7 Å². The van der Waals surface area contributed by atoms with E-state index >= 15 is 0 Å². The number of pyridine rings is 1. The van der Waals surface area contributed by atoms with E-state index < -0.39 is 0 Å². The number of ether oxygens (including phenoxy) is 1. The van der Waals surface area contributed by atoms with E-state index in [4.69, 9.17) is 9.72 Å². The molecular weight excluding hydrogens is 976 g/mol. The summed E-state index contributed by atoms with van der Waals surface area (Å²) in [4.78, 5) is 4.88. The van der Waals surface area contributed by atoms with Crippen LogP contribution in [-0.2, 0) is 37.6 Å². The summed E-state index contributed by atoms with van der Waals surface area (Å²) < 4.78 is 14.8. The Labute approximate surface area is 392 Å². The van der Waals surface area contributed by atoms with E-state index in [-0.39, 0.29) is 10.8 Å². The zero-order chi connectivity index (χ0) is 44.6. The van der Waals surface area contributed by atoms with Gasteiger partial charge in [-0.15, -0.1) is 0 Å². The van der Waals surface area contributed by atoms with Gasteiger partial charge in [0, 0.05) is 6.20 Å². The van der Waals surface area contributed by atoms with Crippen molar-refractivity contribution in [3.05, 3.63) is 197 Å². The molecule has 324 valence electrons. The first-order valence-electron chi connectivity index (χ1n) is 22.5. The number of rotatable bonds is 7. The van der Waals surface area contributed by atoms with E-state index in [2.05, 4.69) is 232 Å². The summed E-state index contributed by atoms with van der Waals surface area (Å²) >= 11 is 2.53. The van der Waals surface area contributed by atoms with Crippen LogP contribution in [0.15, 0.2) is 164 Å². The van der Waals surface area contributed by atoms with Crippen molar-refractivity contribution < 1.29 is 24.1 Å². The van der Waals surface area contributed by atoms with Crippen molar-refractivity contribution in [3.63, 3.8) is 0 Å². The summed E-state index contributed by atoms with van der Waals surface area (Å²) in [6, 6.07) is 63.6. The van der Waals surface area contributed by atoms with E-state index in [1.807, 2.05) is 18.3 Å². The molecule has 0 spiro atoms. The maximum absolute atomic E-state index is 6.73. The van der Waals surface area contributed by atoms with Crippen LogP contribution in [0.3, 0.4) is 0 Å². The molecule has 65 heavy (non-hydrogen) atoms. The van der Waals surface area contributed by atoms with Crippen molar-refractivity contribution >= 4 is 32.8 Å². The topological polar surface area (TPSA) is 36.9 Å². The predicted octanol–water partition coefficient (Wildman–Crippen LogP) is 14.8. The second kappa shape index (κ2) is 15.9. The standard InChI is InChI=1S/C59H50N4O.Pt/c1-58(2,3)42-30-31-60-55(35-42)63-51-25-14-13-24-47(51)48-29-28-46(37-54(48)63)64-45-23-17-22-44(36-45)61-38-62(53-27-16-15-26-52(53)61)57-50(39-18-9-7-10-19-39)33-41-32-43(59(4,5)6)34-49(41)56(57)40-20-11-8-12-21-40;/h7-31,33,35,43H,32,34H2,1-6H3;/q-2;. The fraction of sp³-hybridized carbons (Fsp3) is 0.186. The molecule has 7 aromatic carbocycles. The summed E-state index contributed by atoms with van der Waals surface area (Å²) in [6.45, 7) is 13.9. The monoisotopic (exact) mass is 1030 g/mol. The number of nitrogens with zero attached hydrogens (tertiary/aromatic N) is 4. The molecule has 0 fully saturated rings. The third kappa shape index (κ3) is 7.22. The van der Waals surface area contributed by atoms with Gasteiger partial charge in [0.25, 0.3) is 0 Å². The molecule has 1 aliphatic carbocycles. The van der Waals surface area contributed by atoms with Gasteiger partial charge in [-0.1, -0.05) is 32.9 Å². The first kappa shape index (κ1) is 41.2. The zero-order valence-corrected chi connectivity index (χ0v) is 39.9. The van der Waals surface area contributed by atoms with Crippen molar-refractivity contribution in [2.24, 2.45) is 11.3 Å². The van der Waals surface area contributed by atoms with Crippen molar-refractivity contribution in [1.82, 2.24) is 18.7 Å². The Kier molecular flexibility index (Phi) is 10.0. The number of imidazole rings is 1. The average molecular weight is 1030 g/mol. The fourth-order valence-electron chi connectivity index (χ4n) is 9.84. The molecule has 6 heteroatoms. The van der Waals surface area contributed by atoms with Gasteiger partial charge in [0.05, 0.1) is 0 Å². The van der Waals surface area contributed by atoms with Crippen LogP contribution >= 0.6 is 0 Å². The summed E-state index contributed by atoms with van der Waals surface area (Å²) in [5, 5.41) is 2.24. The van der Waals surface area contributed by atoms with Gasteiger partial charge in [-0.05, 0) is 17.0 Å². The third-order valence-electron chi connectivity index (χ3n) is 13.3. The normalized spacial score (nSPS) is 14.1. The van der Waals surface area contributed by atoms with Gasteiger partial charge in [-0.25, -0.2) is 0 Å². The molecule has 3 aromatic heterocycles. The van der Waals surface area contributed by atoms with Crippen LogP contribution in [0.4, 0.5) is 0 Å². The molecule has 1 atom stereocenters. The molecule has 0 amide bonds. The molecule has 10 aromatic rings. The molecule has 11 rings (SSSR count). The summed E-state index contributed by atoms with van der Waals surface area (Å²) in [7, 11) is 0. The van der Waals surface area contributed by atoms with Gasteiger partial charge in [0.2, 0.25) is 0 Å². The molecule has 3 heterocycles. The van der Waals surface area contributed by atoms with E-state index in [9.17, 15) is 0 Å². The van der Waals surface area contributed by atoms with Gasteiger partial charge in [-0.2, -0.15) is 0 Å². The Hall–Kier alpha value is -6.55. The van der Waals surface area contributed by atoms with Gasteiger partial charge in [-0.3, -0.25) is 0 Å². The third-order valence-corrected chi connectivity index (χ3v) is 14.3. The Balaban J connectivity index is 1.07. The quantitative estimate of drug-likeness (QED) is 0.149. The van der Waals surface area contributed by atoms with Crippen LogP contribution in [0.25, 0.3) is 72.3 Å². The first-order valence-corrected chi connectivity index (χ1v) is 23.7. The molecule has 0 N–H and O–H groups in total. The number of fused-ring (bicyclic) bond motifs is 5. The second-order valence-corrected chi connectivity index (χ2v) is 20.5. The van der Waals surface area contributed by atoms with Crippen molar-refractivity contribution in [2.75, 3.05) is 0 Å². The van der Waals surface area contributed by atoms with Crippen molar-refractivity contribution in [2.45, 2.75) is 59.8 Å². The van der Waals surface area contributed by atoms with Gasteiger partial charge < -0.3 is 0 Å².